The van der Waals surface area contributed by atoms with Crippen LogP contribution in [0.1, 0.15) is 50.7 Å². The number of alkyl halides is 1. The predicted molar refractivity (Wildman–Crippen MR) is 190 cm³/mol. The molecule has 3 heterocycles. The summed E-state index contributed by atoms with van der Waals surface area (Å²) in [5, 5.41) is 12.8. The number of carbonyl (C=O) groups is 4. The first kappa shape index (κ1) is 36.8. The van der Waals surface area contributed by atoms with Crippen molar-refractivity contribution >= 4 is 56.9 Å². The minimum absolute atomic E-state index is 0.0718. The molecule has 2 aromatic rings. The van der Waals surface area contributed by atoms with Crippen molar-refractivity contribution < 1.29 is 33.8 Å². The normalized spacial score (nSPS) is 26.5. The molecule has 2 N–H and O–H groups in total. The summed E-state index contributed by atoms with van der Waals surface area (Å²) in [7, 11) is 0. The van der Waals surface area contributed by atoms with Crippen molar-refractivity contribution in [1.82, 2.24) is 10.2 Å². The third-order valence-corrected chi connectivity index (χ3v) is 10.8. The fourth-order valence-electron chi connectivity index (χ4n) is 7.51. The molecule has 262 valence electrons. The van der Waals surface area contributed by atoms with E-state index in [-0.39, 0.29) is 42.8 Å². The average molecular weight is 757 g/mol. The number of aliphatic hydroxyl groups excluding tert-OH is 1. The summed E-state index contributed by atoms with van der Waals surface area (Å²) < 4.78 is 12.9. The van der Waals surface area contributed by atoms with Gasteiger partial charge in [-0.2, -0.15) is 0 Å². The second kappa shape index (κ2) is 16.0. The molecule has 2 aromatic carbocycles. The Hall–Kier alpha value is -3.51. The topological polar surface area (TPSA) is 125 Å². The van der Waals surface area contributed by atoms with Gasteiger partial charge in [0.15, 0.2) is 0 Å². The fourth-order valence-corrected chi connectivity index (χ4v) is 8.69. The molecule has 1 spiro atoms. The summed E-state index contributed by atoms with van der Waals surface area (Å²) >= 11 is 10.3. The van der Waals surface area contributed by atoms with Crippen molar-refractivity contribution in [2.45, 2.75) is 73.7 Å². The number of aliphatic hydroxyl groups is 1. The molecule has 8 atom stereocenters. The Kier molecular flexibility index (Phi) is 12.0. The lowest BCUT2D eigenvalue weighted by Crippen LogP contribution is -2.57. The summed E-state index contributed by atoms with van der Waals surface area (Å²) in [5.74, 6) is -3.65. The summed E-state index contributed by atoms with van der Waals surface area (Å²) in [4.78, 5) is 58.9. The van der Waals surface area contributed by atoms with Crippen LogP contribution in [0.4, 0.5) is 5.69 Å². The molecule has 1 unspecified atom stereocenters. The fraction of sp³-hybridized carbons (Fsp3) is 0.459. The summed E-state index contributed by atoms with van der Waals surface area (Å²) in [6.07, 6.45) is 3.58. The highest BCUT2D eigenvalue weighted by molar-refractivity contribution is 9.09. The van der Waals surface area contributed by atoms with Crippen LogP contribution in [-0.2, 0) is 28.7 Å². The molecule has 3 fully saturated rings. The number of halogens is 2. The number of carbonyl (C=O) groups excluding carboxylic acids is 4. The average Bonchev–Trinajstić information content (AvgIpc) is 3.68. The first-order valence-corrected chi connectivity index (χ1v) is 17.9. The van der Waals surface area contributed by atoms with Crippen molar-refractivity contribution in [2.24, 2.45) is 11.8 Å². The number of hydrogen-bond donors (Lipinski definition) is 2. The highest BCUT2D eigenvalue weighted by Gasteiger charge is 2.77. The van der Waals surface area contributed by atoms with E-state index in [2.05, 4.69) is 34.4 Å². The number of allylic oxidation sites excluding steroid dienone is 1. The standard InChI is InChI=1S/C37H43BrClN3O7/c1-4-6-18-28(44)40-23(3)31(24-14-8-7-9-15-24)48-36(47)29-30-34(45)42(20-12-13-21-43)33(37(30)22-25(38)32(29)49-37)35(46)41(19-5-2)27-17-11-10-16-26(27)39/h4-5,7-11,14-17,23,25,29-33,43H,1-2,6,12-13,18-22H2,3H3,(H,40,44)/t23-,25?,29-,30+,31-,32-,33-,37+/m1/s1. The molecule has 3 aliphatic rings. The molecule has 49 heavy (non-hydrogen) atoms. The van der Waals surface area contributed by atoms with Crippen LogP contribution in [0.5, 0.6) is 0 Å². The van der Waals surface area contributed by atoms with E-state index in [1.54, 1.807) is 43.3 Å². The largest absolute Gasteiger partial charge is 0.455 e. The summed E-state index contributed by atoms with van der Waals surface area (Å²) in [6, 6.07) is 14.4. The lowest BCUT2D eigenvalue weighted by Gasteiger charge is -2.37. The van der Waals surface area contributed by atoms with Crippen molar-refractivity contribution in [3.8, 4) is 0 Å². The molecule has 0 aromatic heterocycles. The number of para-hydroxylation sites is 1. The lowest BCUT2D eigenvalue weighted by molar-refractivity contribution is -0.162. The van der Waals surface area contributed by atoms with Gasteiger partial charge in [0.1, 0.15) is 17.7 Å². The van der Waals surface area contributed by atoms with Gasteiger partial charge in [0.05, 0.1) is 34.7 Å². The van der Waals surface area contributed by atoms with Crippen molar-refractivity contribution in [1.29, 1.82) is 0 Å². The van der Waals surface area contributed by atoms with Gasteiger partial charge in [0, 0.05) is 30.9 Å². The number of esters is 1. The van der Waals surface area contributed by atoms with Crippen LogP contribution in [0.15, 0.2) is 79.9 Å². The van der Waals surface area contributed by atoms with Gasteiger partial charge in [-0.15, -0.1) is 13.2 Å². The van der Waals surface area contributed by atoms with Crippen molar-refractivity contribution in [3.05, 3.63) is 90.5 Å². The summed E-state index contributed by atoms with van der Waals surface area (Å²) in [6.45, 7) is 9.52. The Morgan fingerprint density at radius 1 is 1.16 bits per heavy atom. The van der Waals surface area contributed by atoms with Crippen LogP contribution in [-0.4, -0.2) is 82.0 Å². The number of nitrogens with one attached hydrogen (secondary N) is 1. The van der Waals surface area contributed by atoms with Gasteiger partial charge in [0.2, 0.25) is 11.8 Å². The number of hydrogen-bond acceptors (Lipinski definition) is 7. The highest BCUT2D eigenvalue weighted by atomic mass is 79.9. The van der Waals surface area contributed by atoms with Gasteiger partial charge >= 0.3 is 5.97 Å². The molecular weight excluding hydrogens is 714 g/mol. The van der Waals surface area contributed by atoms with Crippen LogP contribution < -0.4 is 10.2 Å². The molecule has 0 radical (unpaired) electrons. The number of likely N-dealkylation sites (tertiary alicyclic amines) is 1. The van der Waals surface area contributed by atoms with Crippen LogP contribution in [0, 0.1) is 11.8 Å². The first-order valence-electron chi connectivity index (χ1n) is 16.6. The monoisotopic (exact) mass is 755 g/mol. The molecule has 3 saturated heterocycles. The zero-order valence-corrected chi connectivity index (χ0v) is 29.9. The number of fused-ring (bicyclic) bond motifs is 1. The van der Waals surface area contributed by atoms with Crippen LogP contribution >= 0.6 is 27.5 Å². The molecule has 3 amide bonds. The Morgan fingerprint density at radius 3 is 2.55 bits per heavy atom. The maximum atomic E-state index is 14.7. The minimum Gasteiger partial charge on any atom is -0.455 e. The van der Waals surface area contributed by atoms with Gasteiger partial charge < -0.3 is 29.7 Å². The SMILES string of the molecule is C=CCCC(=O)N[C@H](C)[C@@H](OC(=O)[C@H]1[C@@H]2O[C@@]3(CC2Br)[C@@H]1C(=O)N(CCCCO)[C@@H]3C(=O)N(CC=C)c1ccccc1Cl)c1ccccc1. The number of benzene rings is 2. The molecule has 0 saturated carbocycles. The number of unbranched alkanes of at least 4 members (excludes halogenated alkanes) is 1. The van der Waals surface area contributed by atoms with Gasteiger partial charge in [-0.25, -0.2) is 0 Å². The zero-order chi connectivity index (χ0) is 35.3. The maximum absolute atomic E-state index is 14.7. The molecule has 2 bridgehead atoms. The van der Waals surface area contributed by atoms with Crippen molar-refractivity contribution in [3.63, 3.8) is 0 Å². The molecule has 10 nitrogen and oxygen atoms in total. The van der Waals surface area contributed by atoms with Crippen LogP contribution in [0.3, 0.4) is 0 Å². The number of anilines is 1. The number of rotatable bonds is 16. The molecule has 0 aliphatic carbocycles. The minimum atomic E-state index is -1.33. The second-order valence-electron chi connectivity index (χ2n) is 12.8. The van der Waals surface area contributed by atoms with E-state index in [4.69, 9.17) is 21.1 Å². The van der Waals surface area contributed by atoms with Gasteiger partial charge in [-0.05, 0) is 50.3 Å². The van der Waals surface area contributed by atoms with E-state index in [1.807, 2.05) is 30.3 Å². The quantitative estimate of drug-likeness (QED) is 0.105. The van der Waals surface area contributed by atoms with Crippen molar-refractivity contribution in [2.75, 3.05) is 24.6 Å². The van der Waals surface area contributed by atoms with E-state index in [0.29, 0.717) is 42.0 Å². The zero-order valence-electron chi connectivity index (χ0n) is 27.5. The first-order chi connectivity index (χ1) is 23.6. The van der Waals surface area contributed by atoms with E-state index in [1.165, 1.54) is 9.80 Å². The summed E-state index contributed by atoms with van der Waals surface area (Å²) in [5.41, 5.74) is -0.188. The number of amides is 3. The number of nitrogens with zero attached hydrogens (tertiary/aromatic N) is 2. The maximum Gasteiger partial charge on any atom is 0.313 e. The van der Waals surface area contributed by atoms with Crippen LogP contribution in [0.2, 0.25) is 5.02 Å². The Morgan fingerprint density at radius 2 is 1.88 bits per heavy atom. The van der Waals surface area contributed by atoms with E-state index < -0.39 is 53.6 Å². The molecular formula is C37H43BrClN3O7. The predicted octanol–water partition coefficient (Wildman–Crippen LogP) is 5.13. The molecule has 12 heteroatoms. The van der Waals surface area contributed by atoms with Gasteiger partial charge in [-0.3, -0.25) is 19.2 Å². The highest BCUT2D eigenvalue weighted by Crippen LogP contribution is 2.60. The second-order valence-corrected chi connectivity index (χ2v) is 14.3. The lowest BCUT2D eigenvalue weighted by atomic mass is 9.70. The van der Waals surface area contributed by atoms with E-state index in [0.717, 1.165) is 0 Å². The van der Waals surface area contributed by atoms with Crippen LogP contribution in [0.25, 0.3) is 0 Å². The molecule has 5 rings (SSSR count). The smallest absolute Gasteiger partial charge is 0.313 e. The Bertz CT molecular complexity index is 1560. The van der Waals surface area contributed by atoms with Gasteiger partial charge in [-0.1, -0.05) is 82.1 Å². The Labute approximate surface area is 300 Å². The Balaban J connectivity index is 1.50. The van der Waals surface area contributed by atoms with Gasteiger partial charge in [0.25, 0.3) is 5.91 Å². The van der Waals surface area contributed by atoms with E-state index >= 15 is 0 Å². The third kappa shape index (κ3) is 7.22. The van der Waals surface area contributed by atoms with E-state index in [9.17, 15) is 24.3 Å². The molecule has 3 aliphatic heterocycles. The number of ether oxygens (including phenoxy) is 2. The third-order valence-electron chi connectivity index (χ3n) is 9.61.